The highest BCUT2D eigenvalue weighted by molar-refractivity contribution is 14.0. The van der Waals surface area contributed by atoms with E-state index in [0.29, 0.717) is 13.1 Å². The number of aliphatic imine (C=N–C) groups is 1. The van der Waals surface area contributed by atoms with Gasteiger partial charge in [0.15, 0.2) is 5.96 Å². The number of thiazole rings is 1. The fraction of sp³-hybridized carbons (Fsp3) is 0.316. The number of benzene rings is 1. The molecular formula is C19H25IN6S. The second kappa shape index (κ2) is 10.4. The van der Waals surface area contributed by atoms with Crippen molar-refractivity contribution in [3.05, 3.63) is 69.4 Å². The zero-order chi connectivity index (χ0) is 18.4. The highest BCUT2D eigenvalue weighted by atomic mass is 127. The van der Waals surface area contributed by atoms with Crippen molar-refractivity contribution in [3.8, 4) is 0 Å². The second-order valence-electron chi connectivity index (χ2n) is 6.05. The number of aromatic nitrogens is 3. The minimum atomic E-state index is 0. The lowest BCUT2D eigenvalue weighted by Gasteiger charge is -2.12. The smallest absolute Gasteiger partial charge is 0.191 e. The SMILES string of the molecule is CN=C(NCc1cccc(Cn2cccn2)c1)NCc1nc(C)c(C)s1.I. The lowest BCUT2D eigenvalue weighted by Crippen LogP contribution is -2.36. The van der Waals surface area contributed by atoms with Gasteiger partial charge < -0.3 is 10.6 Å². The molecule has 8 heteroatoms. The van der Waals surface area contributed by atoms with Gasteiger partial charge in [-0.3, -0.25) is 9.67 Å². The maximum atomic E-state index is 4.55. The topological polar surface area (TPSA) is 67.1 Å². The van der Waals surface area contributed by atoms with E-state index >= 15 is 0 Å². The number of aryl methyl sites for hydroxylation is 2. The Morgan fingerprint density at radius 3 is 2.59 bits per heavy atom. The first-order chi connectivity index (χ1) is 12.6. The van der Waals surface area contributed by atoms with Crippen molar-refractivity contribution < 1.29 is 0 Å². The Labute approximate surface area is 181 Å². The predicted molar refractivity (Wildman–Crippen MR) is 122 cm³/mol. The standard InChI is InChI=1S/C19H24N6S.HI/c1-14-15(2)26-18(24-14)12-22-19(20-3)21-11-16-6-4-7-17(10-16)13-25-9-5-8-23-25;/h4-10H,11-13H2,1-3H3,(H2,20,21,22);1H. The van der Waals surface area contributed by atoms with Crippen molar-refractivity contribution >= 4 is 41.3 Å². The third-order valence-corrected chi connectivity index (χ3v) is 5.13. The molecule has 2 N–H and O–H groups in total. The van der Waals surface area contributed by atoms with Crippen LogP contribution < -0.4 is 10.6 Å². The Balaban J connectivity index is 0.00000261. The quantitative estimate of drug-likeness (QED) is 0.312. The molecule has 3 rings (SSSR count). The van der Waals surface area contributed by atoms with Gasteiger partial charge in [0.1, 0.15) is 5.01 Å². The first-order valence-electron chi connectivity index (χ1n) is 8.56. The van der Waals surface area contributed by atoms with Crippen molar-refractivity contribution in [2.24, 2.45) is 4.99 Å². The number of hydrogen-bond acceptors (Lipinski definition) is 4. The van der Waals surface area contributed by atoms with E-state index in [1.165, 1.54) is 16.0 Å². The summed E-state index contributed by atoms with van der Waals surface area (Å²) in [5, 5.41) is 12.0. The fourth-order valence-corrected chi connectivity index (χ4v) is 3.47. The van der Waals surface area contributed by atoms with E-state index < -0.39 is 0 Å². The molecule has 0 radical (unpaired) electrons. The summed E-state index contributed by atoms with van der Waals surface area (Å²) in [5.41, 5.74) is 3.53. The first-order valence-corrected chi connectivity index (χ1v) is 9.38. The number of rotatable bonds is 6. The van der Waals surface area contributed by atoms with E-state index in [-0.39, 0.29) is 24.0 Å². The zero-order valence-corrected chi connectivity index (χ0v) is 18.9. The number of nitrogens with one attached hydrogen (secondary N) is 2. The van der Waals surface area contributed by atoms with Crippen molar-refractivity contribution in [2.75, 3.05) is 7.05 Å². The average Bonchev–Trinajstić information content (AvgIpc) is 3.25. The van der Waals surface area contributed by atoms with Gasteiger partial charge in [0, 0.05) is 30.9 Å². The third-order valence-electron chi connectivity index (χ3n) is 4.06. The molecule has 0 spiro atoms. The van der Waals surface area contributed by atoms with Crippen LogP contribution in [0.15, 0.2) is 47.7 Å². The molecule has 0 amide bonds. The molecule has 144 valence electrons. The van der Waals surface area contributed by atoms with Gasteiger partial charge in [-0.2, -0.15) is 5.10 Å². The number of nitrogens with zero attached hydrogens (tertiary/aromatic N) is 4. The van der Waals surface area contributed by atoms with E-state index in [2.05, 4.69) is 56.9 Å². The molecule has 0 saturated carbocycles. The Morgan fingerprint density at radius 2 is 1.93 bits per heavy atom. The molecule has 0 bridgehead atoms. The molecule has 1 aromatic carbocycles. The van der Waals surface area contributed by atoms with Crippen molar-refractivity contribution in [1.82, 2.24) is 25.4 Å². The molecule has 0 aliphatic heterocycles. The van der Waals surface area contributed by atoms with Gasteiger partial charge in [-0.15, -0.1) is 35.3 Å². The second-order valence-corrected chi connectivity index (χ2v) is 7.34. The summed E-state index contributed by atoms with van der Waals surface area (Å²) < 4.78 is 1.92. The van der Waals surface area contributed by atoms with Crippen LogP contribution in [-0.2, 0) is 19.6 Å². The van der Waals surface area contributed by atoms with Crippen molar-refractivity contribution in [1.29, 1.82) is 0 Å². The average molecular weight is 496 g/mol. The summed E-state index contributed by atoms with van der Waals surface area (Å²) >= 11 is 1.72. The van der Waals surface area contributed by atoms with E-state index in [0.717, 1.165) is 23.2 Å². The molecule has 0 atom stereocenters. The fourth-order valence-electron chi connectivity index (χ4n) is 2.60. The first kappa shape index (κ1) is 21.4. The Morgan fingerprint density at radius 1 is 1.15 bits per heavy atom. The van der Waals surface area contributed by atoms with Gasteiger partial charge in [-0.05, 0) is 31.0 Å². The number of halogens is 1. The summed E-state index contributed by atoms with van der Waals surface area (Å²) in [4.78, 5) is 10.1. The van der Waals surface area contributed by atoms with Crippen LogP contribution in [0.25, 0.3) is 0 Å². The molecule has 2 heterocycles. The Hall–Kier alpha value is -1.94. The molecule has 0 aliphatic rings. The normalized spacial score (nSPS) is 11.1. The van der Waals surface area contributed by atoms with Crippen LogP contribution in [-0.4, -0.2) is 27.8 Å². The Kier molecular flexibility index (Phi) is 8.23. The summed E-state index contributed by atoms with van der Waals surface area (Å²) in [6, 6.07) is 10.4. The van der Waals surface area contributed by atoms with Crippen LogP contribution in [0.5, 0.6) is 0 Å². The van der Waals surface area contributed by atoms with Crippen LogP contribution >= 0.6 is 35.3 Å². The largest absolute Gasteiger partial charge is 0.352 e. The third kappa shape index (κ3) is 6.31. The van der Waals surface area contributed by atoms with Gasteiger partial charge in [-0.1, -0.05) is 24.3 Å². The predicted octanol–water partition coefficient (Wildman–Crippen LogP) is 3.49. The zero-order valence-electron chi connectivity index (χ0n) is 15.8. The van der Waals surface area contributed by atoms with E-state index in [1.807, 2.05) is 23.9 Å². The summed E-state index contributed by atoms with van der Waals surface area (Å²) in [7, 11) is 1.78. The van der Waals surface area contributed by atoms with Gasteiger partial charge in [-0.25, -0.2) is 4.98 Å². The van der Waals surface area contributed by atoms with Gasteiger partial charge in [0.05, 0.1) is 18.8 Å². The molecule has 0 fully saturated rings. The van der Waals surface area contributed by atoms with E-state index in [1.54, 1.807) is 24.6 Å². The van der Waals surface area contributed by atoms with Crippen LogP contribution in [0.3, 0.4) is 0 Å². The lowest BCUT2D eigenvalue weighted by atomic mass is 10.1. The summed E-state index contributed by atoms with van der Waals surface area (Å²) in [6.07, 6.45) is 3.77. The maximum Gasteiger partial charge on any atom is 0.191 e. The van der Waals surface area contributed by atoms with Crippen LogP contribution in [0.1, 0.15) is 26.7 Å². The van der Waals surface area contributed by atoms with Crippen molar-refractivity contribution in [3.63, 3.8) is 0 Å². The van der Waals surface area contributed by atoms with Crippen molar-refractivity contribution in [2.45, 2.75) is 33.5 Å². The number of guanidine groups is 1. The molecule has 27 heavy (non-hydrogen) atoms. The molecule has 0 saturated heterocycles. The van der Waals surface area contributed by atoms with Gasteiger partial charge in [0.2, 0.25) is 0 Å². The summed E-state index contributed by atoms with van der Waals surface area (Å²) in [6.45, 7) is 6.30. The highest BCUT2D eigenvalue weighted by Gasteiger charge is 2.05. The van der Waals surface area contributed by atoms with Crippen LogP contribution in [0, 0.1) is 13.8 Å². The van der Waals surface area contributed by atoms with Gasteiger partial charge in [0.25, 0.3) is 0 Å². The minimum absolute atomic E-state index is 0. The molecule has 6 nitrogen and oxygen atoms in total. The van der Waals surface area contributed by atoms with Crippen LogP contribution in [0.4, 0.5) is 0 Å². The van der Waals surface area contributed by atoms with Gasteiger partial charge >= 0.3 is 0 Å². The molecule has 2 aromatic heterocycles. The molecule has 0 aliphatic carbocycles. The van der Waals surface area contributed by atoms with Crippen LogP contribution in [0.2, 0.25) is 0 Å². The molecule has 0 unspecified atom stereocenters. The Bertz CT molecular complexity index is 853. The molecular weight excluding hydrogens is 471 g/mol. The molecule has 3 aromatic rings. The minimum Gasteiger partial charge on any atom is -0.352 e. The highest BCUT2D eigenvalue weighted by Crippen LogP contribution is 2.15. The van der Waals surface area contributed by atoms with E-state index in [4.69, 9.17) is 0 Å². The lowest BCUT2D eigenvalue weighted by molar-refractivity contribution is 0.685. The summed E-state index contributed by atoms with van der Waals surface area (Å²) in [5.74, 6) is 0.771. The van der Waals surface area contributed by atoms with E-state index in [9.17, 15) is 0 Å². The maximum absolute atomic E-state index is 4.55. The number of hydrogen-bond donors (Lipinski definition) is 2. The monoisotopic (exact) mass is 496 g/mol.